The van der Waals surface area contributed by atoms with Crippen LogP contribution in [0.5, 0.6) is 0 Å². The highest BCUT2D eigenvalue weighted by Gasteiger charge is 2.17. The summed E-state index contributed by atoms with van der Waals surface area (Å²) in [7, 11) is 1.78. The summed E-state index contributed by atoms with van der Waals surface area (Å²) in [4.78, 5) is 18.4. The summed E-state index contributed by atoms with van der Waals surface area (Å²) in [5.41, 5.74) is 3.26. The highest BCUT2D eigenvalue weighted by atomic mass is 127. The van der Waals surface area contributed by atoms with E-state index in [-0.39, 0.29) is 30.0 Å². The molecular weight excluding hydrogens is 497 g/mol. The van der Waals surface area contributed by atoms with Gasteiger partial charge >= 0.3 is 6.03 Å². The van der Waals surface area contributed by atoms with Crippen LogP contribution in [0.4, 0.5) is 10.5 Å². The largest absolute Gasteiger partial charge is 0.356 e. The van der Waals surface area contributed by atoms with E-state index in [0.717, 1.165) is 49.7 Å². The quantitative estimate of drug-likeness (QED) is 0.295. The standard InChI is InChI=1S/C21H29N5OS.HI/c1-16(18-8-11-28-15-18)13-23-20(22-2)24-14-17-6-5-7-19(12-17)25-21(27)26-9-3-4-10-26;/h5-8,11-12,15-16H,3-4,9-10,13-14H2,1-2H3,(H,25,27)(H2,22,23,24);1H. The summed E-state index contributed by atoms with van der Waals surface area (Å²) in [5, 5.41) is 14.0. The molecule has 6 nitrogen and oxygen atoms in total. The van der Waals surface area contributed by atoms with E-state index in [0.29, 0.717) is 12.5 Å². The van der Waals surface area contributed by atoms with Gasteiger partial charge in [0.25, 0.3) is 0 Å². The highest BCUT2D eigenvalue weighted by Crippen LogP contribution is 2.17. The van der Waals surface area contributed by atoms with Crippen molar-refractivity contribution < 1.29 is 4.79 Å². The molecule has 1 aromatic carbocycles. The molecular formula is C21H30IN5OS. The van der Waals surface area contributed by atoms with Gasteiger partial charge in [-0.05, 0) is 58.8 Å². The average molecular weight is 527 g/mol. The molecule has 1 aliphatic rings. The van der Waals surface area contributed by atoms with Crippen LogP contribution in [-0.4, -0.2) is 43.6 Å². The number of urea groups is 1. The molecule has 158 valence electrons. The minimum absolute atomic E-state index is 0. The van der Waals surface area contributed by atoms with E-state index in [9.17, 15) is 4.79 Å². The lowest BCUT2D eigenvalue weighted by Crippen LogP contribution is -2.38. The second-order valence-corrected chi connectivity index (χ2v) is 7.87. The minimum Gasteiger partial charge on any atom is -0.356 e. The molecule has 1 aromatic heterocycles. The van der Waals surface area contributed by atoms with Crippen LogP contribution in [0.3, 0.4) is 0 Å². The first-order chi connectivity index (χ1) is 13.7. The molecule has 0 aliphatic carbocycles. The molecule has 0 saturated carbocycles. The monoisotopic (exact) mass is 527 g/mol. The fourth-order valence-corrected chi connectivity index (χ4v) is 3.99. The Bertz CT molecular complexity index is 790. The molecule has 1 atom stereocenters. The zero-order chi connectivity index (χ0) is 19.8. The van der Waals surface area contributed by atoms with Gasteiger partial charge in [0.05, 0.1) is 0 Å². The maximum Gasteiger partial charge on any atom is 0.321 e. The van der Waals surface area contributed by atoms with Crippen molar-refractivity contribution in [3.05, 3.63) is 52.2 Å². The Labute approximate surface area is 194 Å². The Morgan fingerprint density at radius 2 is 2.03 bits per heavy atom. The molecule has 3 N–H and O–H groups in total. The Kier molecular flexibility index (Phi) is 9.72. The normalized spacial score (nSPS) is 14.8. The van der Waals surface area contributed by atoms with Crippen LogP contribution < -0.4 is 16.0 Å². The number of guanidine groups is 1. The number of hydrogen-bond donors (Lipinski definition) is 3. The molecule has 1 fully saturated rings. The van der Waals surface area contributed by atoms with E-state index >= 15 is 0 Å². The van der Waals surface area contributed by atoms with Crippen molar-refractivity contribution in [1.29, 1.82) is 0 Å². The van der Waals surface area contributed by atoms with Crippen molar-refractivity contribution in [3.63, 3.8) is 0 Å². The van der Waals surface area contributed by atoms with Gasteiger partial charge < -0.3 is 20.9 Å². The van der Waals surface area contributed by atoms with Gasteiger partial charge in [0.15, 0.2) is 5.96 Å². The highest BCUT2D eigenvalue weighted by molar-refractivity contribution is 14.0. The number of likely N-dealkylation sites (tertiary alicyclic amines) is 1. The maximum absolute atomic E-state index is 12.3. The zero-order valence-electron chi connectivity index (χ0n) is 17.0. The fourth-order valence-electron chi connectivity index (χ4n) is 3.21. The van der Waals surface area contributed by atoms with Gasteiger partial charge in [-0.25, -0.2) is 4.79 Å². The lowest BCUT2D eigenvalue weighted by atomic mass is 10.1. The average Bonchev–Trinajstić information content (AvgIpc) is 3.42. The number of carbonyl (C=O) groups is 1. The lowest BCUT2D eigenvalue weighted by molar-refractivity contribution is 0.222. The van der Waals surface area contributed by atoms with Gasteiger partial charge in [0.1, 0.15) is 0 Å². The molecule has 8 heteroatoms. The van der Waals surface area contributed by atoms with Crippen molar-refractivity contribution in [3.8, 4) is 0 Å². The smallest absolute Gasteiger partial charge is 0.321 e. The van der Waals surface area contributed by atoms with Crippen LogP contribution in [0.2, 0.25) is 0 Å². The Morgan fingerprint density at radius 3 is 2.72 bits per heavy atom. The minimum atomic E-state index is -0.0116. The molecule has 1 unspecified atom stereocenters. The third-order valence-corrected chi connectivity index (χ3v) is 5.64. The van der Waals surface area contributed by atoms with Gasteiger partial charge in [-0.2, -0.15) is 11.3 Å². The molecule has 0 radical (unpaired) electrons. The van der Waals surface area contributed by atoms with Crippen LogP contribution in [0, 0.1) is 0 Å². The number of nitrogens with one attached hydrogen (secondary N) is 3. The van der Waals surface area contributed by atoms with Gasteiger partial charge in [-0.1, -0.05) is 19.1 Å². The molecule has 0 bridgehead atoms. The molecule has 29 heavy (non-hydrogen) atoms. The SMILES string of the molecule is CN=C(NCc1cccc(NC(=O)N2CCCC2)c1)NCC(C)c1ccsc1.I. The number of benzene rings is 1. The Balaban J connectivity index is 0.00000300. The van der Waals surface area contributed by atoms with Crippen molar-refractivity contribution in [2.24, 2.45) is 4.99 Å². The second-order valence-electron chi connectivity index (χ2n) is 7.09. The summed E-state index contributed by atoms with van der Waals surface area (Å²) in [5.74, 6) is 1.20. The van der Waals surface area contributed by atoms with E-state index in [4.69, 9.17) is 0 Å². The molecule has 1 aliphatic heterocycles. The van der Waals surface area contributed by atoms with Crippen LogP contribution in [0.25, 0.3) is 0 Å². The van der Waals surface area contributed by atoms with Crippen molar-refractivity contribution in [1.82, 2.24) is 15.5 Å². The molecule has 1 saturated heterocycles. The fraction of sp³-hybridized carbons (Fsp3) is 0.429. The van der Waals surface area contributed by atoms with Gasteiger partial charge in [0, 0.05) is 38.9 Å². The molecule has 2 heterocycles. The number of nitrogens with zero attached hydrogens (tertiary/aromatic N) is 2. The summed E-state index contributed by atoms with van der Waals surface area (Å²) < 4.78 is 0. The van der Waals surface area contributed by atoms with E-state index in [1.54, 1.807) is 18.4 Å². The van der Waals surface area contributed by atoms with Crippen LogP contribution in [0.15, 0.2) is 46.1 Å². The zero-order valence-corrected chi connectivity index (χ0v) is 20.1. The number of anilines is 1. The number of amides is 2. The third-order valence-electron chi connectivity index (χ3n) is 4.94. The number of thiophene rings is 1. The van der Waals surface area contributed by atoms with E-state index < -0.39 is 0 Å². The van der Waals surface area contributed by atoms with Crippen molar-refractivity contribution >= 4 is 53.0 Å². The van der Waals surface area contributed by atoms with Crippen molar-refractivity contribution in [2.45, 2.75) is 32.2 Å². The Hall–Kier alpha value is -1.81. The van der Waals surface area contributed by atoms with Crippen LogP contribution in [-0.2, 0) is 6.54 Å². The molecule has 3 rings (SSSR count). The van der Waals surface area contributed by atoms with Crippen LogP contribution >= 0.6 is 35.3 Å². The second kappa shape index (κ2) is 12.0. The summed E-state index contributed by atoms with van der Waals surface area (Å²) >= 11 is 1.72. The first-order valence-electron chi connectivity index (χ1n) is 9.77. The number of rotatable bonds is 6. The van der Waals surface area contributed by atoms with Gasteiger partial charge in [0.2, 0.25) is 0 Å². The molecule has 2 aromatic rings. The van der Waals surface area contributed by atoms with E-state index in [2.05, 4.69) is 44.7 Å². The number of hydrogen-bond acceptors (Lipinski definition) is 3. The number of carbonyl (C=O) groups excluding carboxylic acids is 1. The summed E-state index contributed by atoms with van der Waals surface area (Å²) in [6.45, 7) is 5.36. The summed E-state index contributed by atoms with van der Waals surface area (Å²) in [6.07, 6.45) is 2.18. The molecule has 0 spiro atoms. The van der Waals surface area contributed by atoms with Gasteiger partial charge in [-0.15, -0.1) is 24.0 Å². The lowest BCUT2D eigenvalue weighted by Gasteiger charge is -2.17. The predicted octanol–water partition coefficient (Wildman–Crippen LogP) is 4.46. The first kappa shape index (κ1) is 23.5. The topological polar surface area (TPSA) is 68.8 Å². The Morgan fingerprint density at radius 1 is 1.24 bits per heavy atom. The molecule has 2 amide bonds. The summed E-state index contributed by atoms with van der Waals surface area (Å²) in [6, 6.07) is 10.1. The van der Waals surface area contributed by atoms with E-state index in [1.165, 1.54) is 5.56 Å². The van der Waals surface area contributed by atoms with E-state index in [1.807, 2.05) is 29.2 Å². The maximum atomic E-state index is 12.3. The number of aliphatic imine (C=N–C) groups is 1. The predicted molar refractivity (Wildman–Crippen MR) is 133 cm³/mol. The first-order valence-corrected chi connectivity index (χ1v) is 10.7. The third kappa shape index (κ3) is 7.18. The van der Waals surface area contributed by atoms with Crippen LogP contribution in [0.1, 0.15) is 36.8 Å². The van der Waals surface area contributed by atoms with Gasteiger partial charge in [-0.3, -0.25) is 4.99 Å². The number of halogens is 1. The van der Waals surface area contributed by atoms with Crippen molar-refractivity contribution in [2.75, 3.05) is 32.0 Å².